The molecule has 160 valence electrons. The highest BCUT2D eigenvalue weighted by Gasteiger charge is 2.31. The summed E-state index contributed by atoms with van der Waals surface area (Å²) in [6, 6.07) is 10.7. The van der Waals surface area contributed by atoms with Crippen LogP contribution < -0.4 is 9.47 Å². The number of hydrogen-bond acceptors (Lipinski definition) is 7. The lowest BCUT2D eigenvalue weighted by atomic mass is 10.2. The molecule has 3 aromatic rings. The van der Waals surface area contributed by atoms with E-state index in [4.69, 9.17) is 9.26 Å². The topological polar surface area (TPSA) is 94.8 Å². The third kappa shape index (κ3) is 5.07. The fraction of sp³-hybridized carbons (Fsp3) is 0.222. The molecule has 0 saturated heterocycles. The Morgan fingerprint density at radius 3 is 2.20 bits per heavy atom. The predicted octanol–water partition coefficient (Wildman–Crippen LogP) is 3.46. The van der Waals surface area contributed by atoms with E-state index in [0.29, 0.717) is 11.3 Å². The SMILES string of the molecule is COc1ccc(S(=O)(=O)N(C)Cc2nc(-c3ccc(OC(F)(F)F)cc3)no2)cc1. The van der Waals surface area contributed by atoms with Crippen molar-refractivity contribution in [2.45, 2.75) is 17.8 Å². The summed E-state index contributed by atoms with van der Waals surface area (Å²) in [5, 5.41) is 3.73. The molecule has 0 aliphatic carbocycles. The Bertz CT molecular complexity index is 1100. The maximum absolute atomic E-state index is 12.7. The lowest BCUT2D eigenvalue weighted by Gasteiger charge is -2.15. The van der Waals surface area contributed by atoms with Crippen LogP contribution in [0.2, 0.25) is 0 Å². The molecule has 0 aliphatic heterocycles. The van der Waals surface area contributed by atoms with E-state index in [1.165, 1.54) is 50.6 Å². The van der Waals surface area contributed by atoms with Gasteiger partial charge in [-0.25, -0.2) is 8.42 Å². The van der Waals surface area contributed by atoms with Crippen LogP contribution in [0.15, 0.2) is 57.9 Å². The zero-order valence-electron chi connectivity index (χ0n) is 15.8. The van der Waals surface area contributed by atoms with Crippen molar-refractivity contribution in [3.8, 4) is 22.9 Å². The maximum Gasteiger partial charge on any atom is 0.573 e. The van der Waals surface area contributed by atoms with Crippen LogP contribution in [-0.4, -0.2) is 43.4 Å². The Hall–Kier alpha value is -3.12. The van der Waals surface area contributed by atoms with Gasteiger partial charge in [0.1, 0.15) is 11.5 Å². The van der Waals surface area contributed by atoms with Gasteiger partial charge < -0.3 is 14.0 Å². The average Bonchev–Trinajstić information content (AvgIpc) is 3.16. The van der Waals surface area contributed by atoms with Crippen LogP contribution in [0.4, 0.5) is 13.2 Å². The van der Waals surface area contributed by atoms with E-state index in [9.17, 15) is 21.6 Å². The molecule has 1 aromatic heterocycles. The molecular formula is C18H16F3N3O5S. The van der Waals surface area contributed by atoms with E-state index in [2.05, 4.69) is 14.9 Å². The second kappa shape index (κ2) is 8.32. The molecule has 0 atom stereocenters. The van der Waals surface area contributed by atoms with Crippen LogP contribution in [0, 0.1) is 0 Å². The molecule has 3 rings (SSSR count). The first kappa shape index (κ1) is 21.6. The smallest absolute Gasteiger partial charge is 0.497 e. The Labute approximate surface area is 169 Å². The first-order chi connectivity index (χ1) is 14.1. The molecule has 1 heterocycles. The second-order valence-corrected chi connectivity index (χ2v) is 8.07. The number of ether oxygens (including phenoxy) is 2. The number of sulfonamides is 1. The van der Waals surface area contributed by atoms with Gasteiger partial charge >= 0.3 is 6.36 Å². The summed E-state index contributed by atoms with van der Waals surface area (Å²) >= 11 is 0. The van der Waals surface area contributed by atoms with Gasteiger partial charge in [0.25, 0.3) is 0 Å². The molecule has 8 nitrogen and oxygen atoms in total. The Kier molecular flexibility index (Phi) is 5.99. The Balaban J connectivity index is 1.71. The zero-order valence-corrected chi connectivity index (χ0v) is 16.6. The van der Waals surface area contributed by atoms with E-state index < -0.39 is 16.4 Å². The molecular weight excluding hydrogens is 427 g/mol. The van der Waals surface area contributed by atoms with Gasteiger partial charge in [-0.2, -0.15) is 9.29 Å². The molecule has 0 aliphatic rings. The lowest BCUT2D eigenvalue weighted by Crippen LogP contribution is -2.26. The molecule has 30 heavy (non-hydrogen) atoms. The number of hydrogen-bond donors (Lipinski definition) is 0. The quantitative estimate of drug-likeness (QED) is 0.552. The van der Waals surface area contributed by atoms with E-state index >= 15 is 0 Å². The first-order valence-electron chi connectivity index (χ1n) is 8.37. The van der Waals surface area contributed by atoms with Crippen molar-refractivity contribution in [3.63, 3.8) is 0 Å². The van der Waals surface area contributed by atoms with Crippen molar-refractivity contribution in [1.29, 1.82) is 0 Å². The summed E-state index contributed by atoms with van der Waals surface area (Å²) in [6.45, 7) is -0.198. The van der Waals surface area contributed by atoms with Crippen molar-refractivity contribution in [3.05, 3.63) is 54.4 Å². The van der Waals surface area contributed by atoms with Gasteiger partial charge in [0.15, 0.2) is 0 Å². The standard InChI is InChI=1S/C18H16F3N3O5S/c1-24(30(25,26)15-9-7-13(27-2)8-10-15)11-16-22-17(23-29-16)12-3-5-14(6-4-12)28-18(19,20)21/h3-10H,11H2,1-2H3. The minimum atomic E-state index is -4.79. The van der Waals surface area contributed by atoms with E-state index in [1.807, 2.05) is 0 Å². The van der Waals surface area contributed by atoms with Crippen molar-refractivity contribution < 1.29 is 35.6 Å². The summed E-state index contributed by atoms with van der Waals surface area (Å²) in [6.07, 6.45) is -4.79. The van der Waals surface area contributed by atoms with Gasteiger partial charge in [0, 0.05) is 12.6 Å². The largest absolute Gasteiger partial charge is 0.573 e. The predicted molar refractivity (Wildman–Crippen MR) is 98.1 cm³/mol. The van der Waals surface area contributed by atoms with Crippen molar-refractivity contribution >= 4 is 10.0 Å². The van der Waals surface area contributed by atoms with Crippen molar-refractivity contribution in [1.82, 2.24) is 14.4 Å². The number of benzene rings is 2. The molecule has 2 aromatic carbocycles. The van der Waals surface area contributed by atoms with Crippen LogP contribution in [0.1, 0.15) is 5.89 Å². The van der Waals surface area contributed by atoms with E-state index in [0.717, 1.165) is 16.4 Å². The monoisotopic (exact) mass is 443 g/mol. The molecule has 12 heteroatoms. The highest BCUT2D eigenvalue weighted by Crippen LogP contribution is 2.26. The molecule has 0 fully saturated rings. The van der Waals surface area contributed by atoms with Crippen LogP contribution >= 0.6 is 0 Å². The van der Waals surface area contributed by atoms with Gasteiger partial charge in [-0.3, -0.25) is 0 Å². The van der Waals surface area contributed by atoms with Crippen molar-refractivity contribution in [2.24, 2.45) is 0 Å². The normalized spacial score (nSPS) is 12.2. The van der Waals surface area contributed by atoms with Crippen LogP contribution in [0.25, 0.3) is 11.4 Å². The third-order valence-corrected chi connectivity index (χ3v) is 5.76. The van der Waals surface area contributed by atoms with Crippen LogP contribution in [-0.2, 0) is 16.6 Å². The summed E-state index contributed by atoms with van der Waals surface area (Å²) in [5.74, 6) is 0.240. The van der Waals surface area contributed by atoms with Gasteiger partial charge in [-0.05, 0) is 48.5 Å². The molecule has 0 saturated carbocycles. The molecule has 0 spiro atoms. The fourth-order valence-electron chi connectivity index (χ4n) is 2.45. The van der Waals surface area contributed by atoms with Gasteiger partial charge in [-0.15, -0.1) is 13.2 Å². The number of halogens is 3. The third-order valence-electron chi connectivity index (χ3n) is 3.94. The highest BCUT2D eigenvalue weighted by atomic mass is 32.2. The summed E-state index contributed by atoms with van der Waals surface area (Å²) < 4.78 is 76.9. The summed E-state index contributed by atoms with van der Waals surface area (Å²) in [4.78, 5) is 4.15. The van der Waals surface area contributed by atoms with Crippen molar-refractivity contribution in [2.75, 3.05) is 14.2 Å². The first-order valence-corrected chi connectivity index (χ1v) is 9.81. The lowest BCUT2D eigenvalue weighted by molar-refractivity contribution is -0.274. The maximum atomic E-state index is 12.7. The van der Waals surface area contributed by atoms with E-state index in [1.54, 1.807) is 0 Å². The minimum Gasteiger partial charge on any atom is -0.497 e. The molecule has 0 radical (unpaired) electrons. The second-order valence-electron chi connectivity index (χ2n) is 6.02. The van der Waals surface area contributed by atoms with Crippen LogP contribution in [0.3, 0.4) is 0 Å². The fourth-order valence-corrected chi connectivity index (χ4v) is 3.57. The highest BCUT2D eigenvalue weighted by molar-refractivity contribution is 7.89. The van der Waals surface area contributed by atoms with Gasteiger partial charge in [0.05, 0.1) is 18.6 Å². The molecule has 0 bridgehead atoms. The van der Waals surface area contributed by atoms with Crippen LogP contribution in [0.5, 0.6) is 11.5 Å². The summed E-state index contributed by atoms with van der Waals surface area (Å²) in [5.41, 5.74) is 0.375. The number of nitrogens with zero attached hydrogens (tertiary/aromatic N) is 3. The molecule has 0 amide bonds. The number of alkyl halides is 3. The Morgan fingerprint density at radius 1 is 1.03 bits per heavy atom. The van der Waals surface area contributed by atoms with Gasteiger partial charge in [-0.1, -0.05) is 5.16 Å². The number of aromatic nitrogens is 2. The number of rotatable bonds is 7. The minimum absolute atomic E-state index is 0.0141. The summed E-state index contributed by atoms with van der Waals surface area (Å²) in [7, 11) is -0.988. The Morgan fingerprint density at radius 2 is 1.63 bits per heavy atom. The molecule has 0 N–H and O–H groups in total. The molecule has 0 unspecified atom stereocenters. The van der Waals surface area contributed by atoms with Gasteiger partial charge in [0.2, 0.25) is 21.7 Å². The number of methoxy groups -OCH3 is 1. The average molecular weight is 443 g/mol. The van der Waals surface area contributed by atoms with E-state index in [-0.39, 0.29) is 28.9 Å². The zero-order chi connectivity index (χ0) is 21.9.